The highest BCUT2D eigenvalue weighted by Crippen LogP contribution is 2.38. The third-order valence-electron chi connectivity index (χ3n) is 4.40. The fourth-order valence-corrected chi connectivity index (χ4v) is 4.84. The summed E-state index contributed by atoms with van der Waals surface area (Å²) in [6.07, 6.45) is 5.20. The maximum absolute atomic E-state index is 6.38. The van der Waals surface area contributed by atoms with Crippen molar-refractivity contribution >= 4 is 38.8 Å². The van der Waals surface area contributed by atoms with Crippen LogP contribution in [-0.4, -0.2) is 29.4 Å². The molecule has 0 spiro atoms. The third kappa shape index (κ3) is 1.74. The van der Waals surface area contributed by atoms with Crippen molar-refractivity contribution in [2.75, 3.05) is 0 Å². The molecule has 0 amide bonds. The van der Waals surface area contributed by atoms with Gasteiger partial charge in [0, 0.05) is 11.9 Å². The van der Waals surface area contributed by atoms with Crippen molar-refractivity contribution in [2.45, 2.75) is 26.2 Å². The van der Waals surface area contributed by atoms with Crippen LogP contribution >= 0.6 is 22.9 Å². The summed E-state index contributed by atoms with van der Waals surface area (Å²) in [7, 11) is 1.86. The van der Waals surface area contributed by atoms with Gasteiger partial charge in [-0.2, -0.15) is 5.10 Å². The SMILES string of the molecule is Cc1nn(C)c(-c2nc3c4c5c(sc4ncn3n2)CCC5)c1Cl. The molecule has 5 rings (SSSR count). The molecule has 4 heterocycles. The molecule has 0 fully saturated rings. The van der Waals surface area contributed by atoms with Gasteiger partial charge in [0.25, 0.3) is 0 Å². The smallest absolute Gasteiger partial charge is 0.202 e. The number of nitrogens with zero attached hydrogens (tertiary/aromatic N) is 6. The number of hydrogen-bond donors (Lipinski definition) is 0. The van der Waals surface area contributed by atoms with Gasteiger partial charge < -0.3 is 0 Å². The van der Waals surface area contributed by atoms with Crippen molar-refractivity contribution in [3.05, 3.63) is 27.5 Å². The first-order valence-electron chi connectivity index (χ1n) is 7.48. The lowest BCUT2D eigenvalue weighted by atomic mass is 10.2. The van der Waals surface area contributed by atoms with Crippen LogP contribution in [0.1, 0.15) is 22.6 Å². The molecule has 0 saturated heterocycles. The molecule has 116 valence electrons. The molecule has 0 N–H and O–H groups in total. The normalized spacial score (nSPS) is 14.2. The Morgan fingerprint density at radius 2 is 2.13 bits per heavy atom. The summed E-state index contributed by atoms with van der Waals surface area (Å²) in [4.78, 5) is 11.8. The standard InChI is InChI=1S/C15H13ClN6S/c1-7-11(16)12(21(2)19-7)13-18-14-10-8-4-3-5-9(8)23-15(10)17-6-22(14)20-13/h6H,3-5H2,1-2H3. The quantitative estimate of drug-likeness (QED) is 0.532. The molecule has 0 atom stereocenters. The molecule has 0 saturated carbocycles. The molecule has 8 heteroatoms. The van der Waals surface area contributed by atoms with Gasteiger partial charge in [-0.3, -0.25) is 4.68 Å². The Balaban J connectivity index is 1.84. The van der Waals surface area contributed by atoms with Crippen LogP contribution < -0.4 is 0 Å². The second-order valence-corrected chi connectivity index (χ2v) is 7.32. The van der Waals surface area contributed by atoms with E-state index in [1.54, 1.807) is 26.9 Å². The average molecular weight is 345 g/mol. The molecular formula is C15H13ClN6S. The highest BCUT2D eigenvalue weighted by atomic mass is 35.5. The summed E-state index contributed by atoms with van der Waals surface area (Å²) in [5.41, 5.74) is 3.78. The number of hydrogen-bond acceptors (Lipinski definition) is 5. The lowest BCUT2D eigenvalue weighted by Gasteiger charge is -1.95. The van der Waals surface area contributed by atoms with E-state index < -0.39 is 0 Å². The molecule has 4 aromatic heterocycles. The fraction of sp³-hybridized carbons (Fsp3) is 0.333. The van der Waals surface area contributed by atoms with Gasteiger partial charge in [0.1, 0.15) is 16.9 Å². The Labute approximate surface area is 140 Å². The summed E-state index contributed by atoms with van der Waals surface area (Å²) in [5.74, 6) is 0.588. The van der Waals surface area contributed by atoms with Gasteiger partial charge in [-0.15, -0.1) is 16.4 Å². The maximum Gasteiger partial charge on any atom is 0.202 e. The number of fused-ring (bicyclic) bond motifs is 5. The number of rotatable bonds is 1. The molecule has 1 aliphatic rings. The van der Waals surface area contributed by atoms with Crippen LogP contribution in [0.5, 0.6) is 0 Å². The molecular weight excluding hydrogens is 332 g/mol. The minimum Gasteiger partial charge on any atom is -0.263 e. The summed E-state index contributed by atoms with van der Waals surface area (Å²) in [5, 5.41) is 10.7. The van der Waals surface area contributed by atoms with Crippen molar-refractivity contribution in [3.8, 4) is 11.5 Å². The molecule has 0 aliphatic heterocycles. The first-order chi connectivity index (χ1) is 11.1. The molecule has 6 nitrogen and oxygen atoms in total. The molecule has 4 aromatic rings. The van der Waals surface area contributed by atoms with Crippen LogP contribution in [0.4, 0.5) is 0 Å². The van der Waals surface area contributed by atoms with Crippen molar-refractivity contribution in [2.24, 2.45) is 7.05 Å². The topological polar surface area (TPSA) is 60.9 Å². The maximum atomic E-state index is 6.38. The van der Waals surface area contributed by atoms with E-state index in [4.69, 9.17) is 16.6 Å². The number of thiophene rings is 1. The number of aromatic nitrogens is 6. The monoisotopic (exact) mass is 344 g/mol. The largest absolute Gasteiger partial charge is 0.263 e. The Bertz CT molecular complexity index is 1090. The van der Waals surface area contributed by atoms with E-state index in [1.807, 2.05) is 14.0 Å². The van der Waals surface area contributed by atoms with Gasteiger partial charge in [-0.25, -0.2) is 14.5 Å². The molecule has 1 aliphatic carbocycles. The van der Waals surface area contributed by atoms with Crippen molar-refractivity contribution in [1.82, 2.24) is 29.4 Å². The lowest BCUT2D eigenvalue weighted by molar-refractivity contribution is 0.758. The van der Waals surface area contributed by atoms with Crippen molar-refractivity contribution in [3.63, 3.8) is 0 Å². The Kier molecular flexibility index (Phi) is 2.64. The number of halogens is 1. The Morgan fingerprint density at radius 1 is 1.26 bits per heavy atom. The summed E-state index contributed by atoms with van der Waals surface area (Å²) in [6, 6.07) is 0. The van der Waals surface area contributed by atoms with Gasteiger partial charge >= 0.3 is 0 Å². The van der Waals surface area contributed by atoms with Gasteiger partial charge in [0.2, 0.25) is 5.82 Å². The van der Waals surface area contributed by atoms with E-state index >= 15 is 0 Å². The van der Waals surface area contributed by atoms with Crippen LogP contribution in [0.25, 0.3) is 27.4 Å². The van der Waals surface area contributed by atoms with E-state index in [1.165, 1.54) is 16.9 Å². The molecule has 0 bridgehead atoms. The van der Waals surface area contributed by atoms with Crippen molar-refractivity contribution < 1.29 is 0 Å². The van der Waals surface area contributed by atoms with Gasteiger partial charge in [0.15, 0.2) is 5.65 Å². The fourth-order valence-electron chi connectivity index (χ4n) is 3.37. The zero-order valence-electron chi connectivity index (χ0n) is 12.7. The first-order valence-corrected chi connectivity index (χ1v) is 8.68. The van der Waals surface area contributed by atoms with Crippen molar-refractivity contribution in [1.29, 1.82) is 0 Å². The summed E-state index contributed by atoms with van der Waals surface area (Å²) >= 11 is 8.16. The number of aryl methyl sites for hydroxylation is 4. The van der Waals surface area contributed by atoms with Crippen LogP contribution in [0.3, 0.4) is 0 Å². The zero-order chi connectivity index (χ0) is 15.7. The van der Waals surface area contributed by atoms with Gasteiger partial charge in [-0.1, -0.05) is 11.6 Å². The second-order valence-electron chi connectivity index (χ2n) is 5.86. The minimum atomic E-state index is 0.588. The second kappa shape index (κ2) is 4.52. The predicted octanol–water partition coefficient (Wildman–Crippen LogP) is 3.19. The van der Waals surface area contributed by atoms with E-state index in [0.717, 1.165) is 40.1 Å². The van der Waals surface area contributed by atoms with Crippen LogP contribution in [0.2, 0.25) is 5.02 Å². The van der Waals surface area contributed by atoms with Crippen LogP contribution in [-0.2, 0) is 19.9 Å². The van der Waals surface area contributed by atoms with E-state index in [9.17, 15) is 0 Å². The van der Waals surface area contributed by atoms with E-state index in [-0.39, 0.29) is 0 Å². The molecule has 0 unspecified atom stereocenters. The Hall–Kier alpha value is -1.99. The molecule has 23 heavy (non-hydrogen) atoms. The van der Waals surface area contributed by atoms with Gasteiger partial charge in [-0.05, 0) is 31.7 Å². The van der Waals surface area contributed by atoms with E-state index in [2.05, 4.69) is 15.2 Å². The average Bonchev–Trinajstić information content (AvgIpc) is 3.21. The molecule has 0 radical (unpaired) electrons. The van der Waals surface area contributed by atoms with Crippen LogP contribution in [0.15, 0.2) is 6.33 Å². The highest BCUT2D eigenvalue weighted by molar-refractivity contribution is 7.19. The summed E-state index contributed by atoms with van der Waals surface area (Å²) in [6.45, 7) is 1.88. The van der Waals surface area contributed by atoms with E-state index in [0.29, 0.717) is 10.8 Å². The first kappa shape index (κ1) is 13.4. The predicted molar refractivity (Wildman–Crippen MR) is 90.1 cm³/mol. The third-order valence-corrected chi connectivity index (χ3v) is 6.06. The molecule has 0 aromatic carbocycles. The van der Waals surface area contributed by atoms with Gasteiger partial charge in [0.05, 0.1) is 16.1 Å². The van der Waals surface area contributed by atoms with Crippen LogP contribution in [0, 0.1) is 6.92 Å². The lowest BCUT2D eigenvalue weighted by Crippen LogP contribution is -1.95. The Morgan fingerprint density at radius 3 is 2.91 bits per heavy atom. The highest BCUT2D eigenvalue weighted by Gasteiger charge is 2.23. The summed E-state index contributed by atoms with van der Waals surface area (Å²) < 4.78 is 3.48. The minimum absolute atomic E-state index is 0.588. The zero-order valence-corrected chi connectivity index (χ0v) is 14.2.